The van der Waals surface area contributed by atoms with Crippen LogP contribution in [-0.4, -0.2) is 52.5 Å². The Bertz CT molecular complexity index is 573. The van der Waals surface area contributed by atoms with E-state index in [9.17, 15) is 9.59 Å². The number of hydrogen-bond acceptors (Lipinski definition) is 4. The van der Waals surface area contributed by atoms with E-state index in [0.717, 1.165) is 37.4 Å². The third-order valence-electron chi connectivity index (χ3n) is 4.09. The van der Waals surface area contributed by atoms with Gasteiger partial charge in [0.15, 0.2) is 0 Å². The molecule has 1 aromatic rings. The molecule has 1 atom stereocenters. The summed E-state index contributed by atoms with van der Waals surface area (Å²) in [5, 5.41) is 8.97. The number of piperazine rings is 1. The van der Waals surface area contributed by atoms with E-state index in [2.05, 4.69) is 9.88 Å². The fourth-order valence-electron chi connectivity index (χ4n) is 3.07. The predicted molar refractivity (Wildman–Crippen MR) is 72.9 cm³/mol. The maximum absolute atomic E-state index is 11.7. The van der Waals surface area contributed by atoms with Crippen LogP contribution in [0.25, 0.3) is 0 Å². The van der Waals surface area contributed by atoms with E-state index in [1.807, 2.05) is 11.8 Å². The molecule has 0 spiro atoms. The molecular weight excluding hydrogens is 258 g/mol. The van der Waals surface area contributed by atoms with E-state index in [1.165, 1.54) is 6.20 Å². The molecule has 6 nitrogen and oxygen atoms in total. The summed E-state index contributed by atoms with van der Waals surface area (Å²) in [5.41, 5.74) is 1.07. The summed E-state index contributed by atoms with van der Waals surface area (Å²) < 4.78 is 0. The topological polar surface area (TPSA) is 73.7 Å². The number of hydrogen-bond donors (Lipinski definition) is 1. The van der Waals surface area contributed by atoms with Crippen LogP contribution < -0.4 is 4.90 Å². The third-order valence-corrected chi connectivity index (χ3v) is 4.09. The minimum Gasteiger partial charge on any atom is -0.478 e. The van der Waals surface area contributed by atoms with Crippen LogP contribution in [-0.2, 0) is 4.79 Å². The van der Waals surface area contributed by atoms with Crippen molar-refractivity contribution in [3.8, 4) is 0 Å². The van der Waals surface area contributed by atoms with E-state index in [4.69, 9.17) is 5.11 Å². The monoisotopic (exact) mass is 275 g/mol. The molecule has 6 heteroatoms. The summed E-state index contributed by atoms with van der Waals surface area (Å²) in [4.78, 5) is 31.0. The Morgan fingerprint density at radius 1 is 1.45 bits per heavy atom. The van der Waals surface area contributed by atoms with Crippen molar-refractivity contribution in [2.45, 2.75) is 25.8 Å². The first kappa shape index (κ1) is 12.9. The number of nitrogens with zero attached hydrogens (tertiary/aromatic N) is 3. The molecule has 2 fully saturated rings. The number of aryl methyl sites for hydroxylation is 1. The smallest absolute Gasteiger partial charge is 0.337 e. The second-order valence-electron chi connectivity index (χ2n) is 5.40. The number of amides is 1. The number of carboxylic acids is 1. The summed E-state index contributed by atoms with van der Waals surface area (Å²) in [5.74, 6) is 0.118. The van der Waals surface area contributed by atoms with Crippen LogP contribution in [0.5, 0.6) is 0 Å². The summed E-state index contributed by atoms with van der Waals surface area (Å²) in [6.07, 6.45) is 2.95. The average molecular weight is 275 g/mol. The van der Waals surface area contributed by atoms with Crippen molar-refractivity contribution in [3.63, 3.8) is 0 Å². The van der Waals surface area contributed by atoms with Crippen molar-refractivity contribution in [2.75, 3.05) is 24.5 Å². The number of carboxylic acid groups (broad SMARTS) is 1. The van der Waals surface area contributed by atoms with E-state index >= 15 is 0 Å². The first-order valence-corrected chi connectivity index (χ1v) is 6.80. The summed E-state index contributed by atoms with van der Waals surface area (Å²) in [7, 11) is 0. The molecule has 2 saturated heterocycles. The first-order valence-electron chi connectivity index (χ1n) is 6.80. The highest BCUT2D eigenvalue weighted by molar-refractivity contribution is 5.87. The van der Waals surface area contributed by atoms with Gasteiger partial charge >= 0.3 is 5.97 Å². The van der Waals surface area contributed by atoms with Crippen LogP contribution in [0.1, 0.15) is 28.8 Å². The van der Waals surface area contributed by atoms with Crippen LogP contribution in [0.3, 0.4) is 0 Å². The van der Waals surface area contributed by atoms with E-state index in [1.54, 1.807) is 6.07 Å². The zero-order valence-electron chi connectivity index (χ0n) is 11.4. The van der Waals surface area contributed by atoms with Gasteiger partial charge in [-0.15, -0.1) is 0 Å². The Morgan fingerprint density at radius 2 is 2.25 bits per heavy atom. The summed E-state index contributed by atoms with van der Waals surface area (Å²) >= 11 is 0. The Labute approximate surface area is 117 Å². The van der Waals surface area contributed by atoms with Crippen LogP contribution in [0, 0.1) is 6.92 Å². The van der Waals surface area contributed by atoms with Crippen LogP contribution in [0.4, 0.5) is 5.82 Å². The molecule has 0 bridgehead atoms. The SMILES string of the molecule is Cc1cc(C(=O)O)cnc1N1CCN2C(=O)CCC2C1. The maximum atomic E-state index is 11.7. The number of carbonyl (C=O) groups is 2. The molecular formula is C14H17N3O3. The zero-order valence-corrected chi connectivity index (χ0v) is 11.4. The predicted octanol–water partition coefficient (Wildman–Crippen LogP) is 0.899. The van der Waals surface area contributed by atoms with Crippen molar-refractivity contribution in [2.24, 2.45) is 0 Å². The molecule has 0 aliphatic carbocycles. The molecule has 2 aliphatic rings. The lowest BCUT2D eigenvalue weighted by Gasteiger charge is -2.38. The Morgan fingerprint density at radius 3 is 2.95 bits per heavy atom. The quantitative estimate of drug-likeness (QED) is 0.868. The largest absolute Gasteiger partial charge is 0.478 e. The third kappa shape index (κ3) is 2.11. The number of pyridine rings is 1. The summed E-state index contributed by atoms with van der Waals surface area (Å²) in [6, 6.07) is 1.92. The molecule has 3 heterocycles. The van der Waals surface area contributed by atoms with E-state index in [0.29, 0.717) is 6.42 Å². The molecule has 1 N–H and O–H groups in total. The lowest BCUT2D eigenvalue weighted by molar-refractivity contribution is -0.129. The van der Waals surface area contributed by atoms with Crippen molar-refractivity contribution in [1.29, 1.82) is 0 Å². The van der Waals surface area contributed by atoms with Crippen LogP contribution in [0.2, 0.25) is 0 Å². The van der Waals surface area contributed by atoms with Crippen molar-refractivity contribution in [1.82, 2.24) is 9.88 Å². The molecule has 2 aliphatic heterocycles. The molecule has 0 radical (unpaired) electrons. The number of rotatable bonds is 2. The molecule has 0 aromatic carbocycles. The molecule has 106 valence electrons. The molecule has 1 unspecified atom stereocenters. The highest BCUT2D eigenvalue weighted by Gasteiger charge is 2.36. The lowest BCUT2D eigenvalue weighted by Crippen LogP contribution is -2.51. The van der Waals surface area contributed by atoms with E-state index in [-0.39, 0.29) is 17.5 Å². The minimum absolute atomic E-state index is 0.209. The van der Waals surface area contributed by atoms with Gasteiger partial charge in [-0.2, -0.15) is 0 Å². The Hall–Kier alpha value is -2.11. The molecule has 3 rings (SSSR count). The standard InChI is InChI=1S/C14H17N3O3/c1-9-6-10(14(19)20)7-15-13(9)16-4-5-17-11(8-16)2-3-12(17)18/h6-7,11H,2-5,8H2,1H3,(H,19,20). The molecule has 1 aromatic heterocycles. The summed E-state index contributed by atoms with van der Waals surface area (Å²) in [6.45, 7) is 4.14. The van der Waals surface area contributed by atoms with Gasteiger partial charge < -0.3 is 14.9 Å². The van der Waals surface area contributed by atoms with Gasteiger partial charge in [0.05, 0.1) is 5.56 Å². The first-order chi connectivity index (χ1) is 9.56. The highest BCUT2D eigenvalue weighted by atomic mass is 16.4. The van der Waals surface area contributed by atoms with Gasteiger partial charge in [0.2, 0.25) is 5.91 Å². The molecule has 0 saturated carbocycles. The van der Waals surface area contributed by atoms with Gasteiger partial charge in [0.25, 0.3) is 0 Å². The average Bonchev–Trinajstić information content (AvgIpc) is 2.79. The number of fused-ring (bicyclic) bond motifs is 1. The number of aromatic carboxylic acids is 1. The zero-order chi connectivity index (χ0) is 14.3. The van der Waals surface area contributed by atoms with Gasteiger partial charge in [0.1, 0.15) is 5.82 Å². The maximum Gasteiger partial charge on any atom is 0.337 e. The van der Waals surface area contributed by atoms with Gasteiger partial charge in [-0.05, 0) is 25.0 Å². The Balaban J connectivity index is 1.80. The number of anilines is 1. The number of carbonyl (C=O) groups excluding carboxylic acids is 1. The fourth-order valence-corrected chi connectivity index (χ4v) is 3.07. The van der Waals surface area contributed by atoms with Gasteiger partial charge in [0, 0.05) is 38.3 Å². The van der Waals surface area contributed by atoms with E-state index < -0.39 is 5.97 Å². The second-order valence-corrected chi connectivity index (χ2v) is 5.40. The highest BCUT2D eigenvalue weighted by Crippen LogP contribution is 2.27. The minimum atomic E-state index is -0.960. The second kappa shape index (κ2) is 4.77. The lowest BCUT2D eigenvalue weighted by atomic mass is 10.1. The molecule has 20 heavy (non-hydrogen) atoms. The normalized spacial score (nSPS) is 22.1. The molecule has 1 amide bonds. The number of aromatic nitrogens is 1. The Kier molecular flexibility index (Phi) is 3.08. The van der Waals surface area contributed by atoms with Crippen LogP contribution >= 0.6 is 0 Å². The van der Waals surface area contributed by atoms with Gasteiger partial charge in [-0.1, -0.05) is 0 Å². The van der Waals surface area contributed by atoms with Gasteiger partial charge in [-0.25, -0.2) is 9.78 Å². The fraction of sp³-hybridized carbons (Fsp3) is 0.500. The van der Waals surface area contributed by atoms with Crippen molar-refractivity contribution >= 4 is 17.7 Å². The van der Waals surface area contributed by atoms with Crippen molar-refractivity contribution < 1.29 is 14.7 Å². The van der Waals surface area contributed by atoms with Crippen molar-refractivity contribution in [3.05, 3.63) is 23.4 Å². The van der Waals surface area contributed by atoms with Crippen LogP contribution in [0.15, 0.2) is 12.3 Å². The van der Waals surface area contributed by atoms with Gasteiger partial charge in [-0.3, -0.25) is 4.79 Å².